The molecule has 1 heterocycles. The molecule has 1 aliphatic heterocycles. The first-order valence-electron chi connectivity index (χ1n) is 9.70. The van der Waals surface area contributed by atoms with Crippen molar-refractivity contribution in [2.24, 2.45) is 11.8 Å². The van der Waals surface area contributed by atoms with E-state index in [1.54, 1.807) is 0 Å². The van der Waals surface area contributed by atoms with Gasteiger partial charge in [-0.25, -0.2) is 0 Å². The summed E-state index contributed by atoms with van der Waals surface area (Å²) in [4.78, 5) is 7.16. The maximum atomic E-state index is 9.87. The van der Waals surface area contributed by atoms with Crippen molar-refractivity contribution in [1.82, 2.24) is 14.7 Å². The number of nitrogens with zero attached hydrogens (tertiary/aromatic N) is 3. The third-order valence-electron chi connectivity index (χ3n) is 5.64. The molecule has 4 nitrogen and oxygen atoms in total. The highest BCUT2D eigenvalue weighted by atomic mass is 16.3. The quantitative estimate of drug-likeness (QED) is 0.787. The molecular weight excluding hydrogens is 322 g/mol. The van der Waals surface area contributed by atoms with Crippen LogP contribution in [0.4, 0.5) is 0 Å². The molecule has 0 aliphatic carbocycles. The van der Waals surface area contributed by atoms with Gasteiger partial charge in [0.15, 0.2) is 0 Å². The third kappa shape index (κ3) is 4.83. The molecule has 0 amide bonds. The fraction of sp³-hybridized carbons (Fsp3) is 0.545. The fourth-order valence-corrected chi connectivity index (χ4v) is 4.11. The van der Waals surface area contributed by atoms with Crippen LogP contribution in [0.3, 0.4) is 0 Å². The summed E-state index contributed by atoms with van der Waals surface area (Å²) in [7, 11) is 6.43. The second-order valence-corrected chi connectivity index (χ2v) is 8.10. The normalized spacial score (nSPS) is 21.3. The number of hydrogen-bond acceptors (Lipinski definition) is 4. The Morgan fingerprint density at radius 1 is 0.962 bits per heavy atom. The first-order valence-corrected chi connectivity index (χ1v) is 9.70. The zero-order valence-electron chi connectivity index (χ0n) is 16.4. The van der Waals surface area contributed by atoms with Crippen LogP contribution in [0.1, 0.15) is 5.56 Å². The summed E-state index contributed by atoms with van der Waals surface area (Å²) < 4.78 is 0. The van der Waals surface area contributed by atoms with Crippen LogP contribution in [0, 0.1) is 11.8 Å². The van der Waals surface area contributed by atoms with Gasteiger partial charge in [-0.3, -0.25) is 4.90 Å². The lowest BCUT2D eigenvalue weighted by molar-refractivity contribution is 0.171. The van der Waals surface area contributed by atoms with Crippen LogP contribution in [-0.2, 0) is 6.54 Å². The summed E-state index contributed by atoms with van der Waals surface area (Å²) >= 11 is 0. The SMILES string of the molecule is CN(C)CCN(C)C[C@@H]1CN(Cc2cccc3ccccc23)C[C@@H]1CO. The van der Waals surface area contributed by atoms with Crippen LogP contribution < -0.4 is 0 Å². The molecule has 0 spiro atoms. The molecule has 4 heteroatoms. The average Bonchev–Trinajstić information content (AvgIpc) is 3.01. The molecule has 0 bridgehead atoms. The smallest absolute Gasteiger partial charge is 0.0475 e. The lowest BCUT2D eigenvalue weighted by Crippen LogP contribution is -2.35. The highest BCUT2D eigenvalue weighted by molar-refractivity contribution is 5.85. The maximum Gasteiger partial charge on any atom is 0.0475 e. The van der Waals surface area contributed by atoms with Crippen LogP contribution in [0.25, 0.3) is 10.8 Å². The van der Waals surface area contributed by atoms with E-state index in [9.17, 15) is 5.11 Å². The molecule has 3 rings (SSSR count). The zero-order valence-corrected chi connectivity index (χ0v) is 16.4. The summed E-state index contributed by atoms with van der Waals surface area (Å²) in [5, 5.41) is 12.5. The maximum absolute atomic E-state index is 9.87. The van der Waals surface area contributed by atoms with Gasteiger partial charge >= 0.3 is 0 Å². The van der Waals surface area contributed by atoms with Gasteiger partial charge in [-0.2, -0.15) is 0 Å². The van der Waals surface area contributed by atoms with E-state index in [-0.39, 0.29) is 6.61 Å². The number of fused-ring (bicyclic) bond motifs is 1. The molecular formula is C22H33N3O. The Morgan fingerprint density at radius 2 is 1.69 bits per heavy atom. The molecule has 2 aromatic carbocycles. The van der Waals surface area contributed by atoms with Crippen LogP contribution in [0.15, 0.2) is 42.5 Å². The van der Waals surface area contributed by atoms with Crippen molar-refractivity contribution in [3.05, 3.63) is 48.0 Å². The second-order valence-electron chi connectivity index (χ2n) is 8.10. The van der Waals surface area contributed by atoms with Crippen molar-refractivity contribution in [2.75, 3.05) is 60.5 Å². The minimum atomic E-state index is 0.290. The minimum absolute atomic E-state index is 0.290. The van der Waals surface area contributed by atoms with Gasteiger partial charge in [-0.05, 0) is 49.3 Å². The van der Waals surface area contributed by atoms with Gasteiger partial charge in [0.2, 0.25) is 0 Å². The molecule has 2 aromatic rings. The predicted molar refractivity (Wildman–Crippen MR) is 109 cm³/mol. The van der Waals surface area contributed by atoms with Crippen molar-refractivity contribution in [1.29, 1.82) is 0 Å². The third-order valence-corrected chi connectivity index (χ3v) is 5.64. The topological polar surface area (TPSA) is 30.0 Å². The largest absolute Gasteiger partial charge is 0.396 e. The molecule has 0 unspecified atom stereocenters. The number of likely N-dealkylation sites (N-methyl/N-ethyl adjacent to an activating group) is 2. The molecule has 0 aromatic heterocycles. The Labute approximate surface area is 158 Å². The van der Waals surface area contributed by atoms with Crippen LogP contribution in [0.5, 0.6) is 0 Å². The van der Waals surface area contributed by atoms with E-state index < -0.39 is 0 Å². The highest BCUT2D eigenvalue weighted by Crippen LogP contribution is 2.27. The van der Waals surface area contributed by atoms with Crippen LogP contribution in [0.2, 0.25) is 0 Å². The first-order chi connectivity index (χ1) is 12.6. The summed E-state index contributed by atoms with van der Waals surface area (Å²) in [6.07, 6.45) is 0. The number of rotatable bonds is 8. The number of aliphatic hydroxyl groups excluding tert-OH is 1. The van der Waals surface area contributed by atoms with E-state index in [2.05, 4.69) is 78.3 Å². The van der Waals surface area contributed by atoms with Crippen molar-refractivity contribution in [2.45, 2.75) is 6.54 Å². The van der Waals surface area contributed by atoms with E-state index >= 15 is 0 Å². The lowest BCUT2D eigenvalue weighted by atomic mass is 9.96. The Bertz CT molecular complexity index is 697. The molecule has 1 aliphatic rings. The van der Waals surface area contributed by atoms with Crippen molar-refractivity contribution in [3.8, 4) is 0 Å². The van der Waals surface area contributed by atoms with E-state index in [1.165, 1.54) is 16.3 Å². The minimum Gasteiger partial charge on any atom is -0.396 e. The molecule has 0 saturated carbocycles. The molecule has 26 heavy (non-hydrogen) atoms. The first kappa shape index (κ1) is 19.3. The van der Waals surface area contributed by atoms with E-state index in [4.69, 9.17) is 0 Å². The van der Waals surface area contributed by atoms with E-state index in [0.717, 1.165) is 39.3 Å². The average molecular weight is 356 g/mol. The van der Waals surface area contributed by atoms with Crippen molar-refractivity contribution >= 4 is 10.8 Å². The Morgan fingerprint density at radius 3 is 2.46 bits per heavy atom. The standard InChI is InChI=1S/C22H33N3O/c1-23(2)11-12-24(3)13-20-15-25(16-21(20)17-26)14-19-9-6-8-18-7-4-5-10-22(18)19/h4-10,20-21,26H,11-17H2,1-3H3/t20-,21-/m1/s1. The van der Waals surface area contributed by atoms with Gasteiger partial charge in [-0.1, -0.05) is 42.5 Å². The number of hydrogen-bond donors (Lipinski definition) is 1. The predicted octanol–water partition coefficient (Wildman–Crippen LogP) is 2.37. The summed E-state index contributed by atoms with van der Waals surface area (Å²) in [6.45, 7) is 6.53. The summed E-state index contributed by atoms with van der Waals surface area (Å²) in [5.74, 6) is 0.925. The highest BCUT2D eigenvalue weighted by Gasteiger charge is 2.32. The van der Waals surface area contributed by atoms with Gasteiger partial charge in [0.1, 0.15) is 0 Å². The lowest BCUT2D eigenvalue weighted by Gasteiger charge is -2.25. The van der Waals surface area contributed by atoms with Gasteiger partial charge in [0.25, 0.3) is 0 Å². The van der Waals surface area contributed by atoms with Gasteiger partial charge in [-0.15, -0.1) is 0 Å². The molecule has 2 atom stereocenters. The molecule has 1 N–H and O–H groups in total. The summed E-state index contributed by atoms with van der Waals surface area (Å²) in [6, 6.07) is 15.2. The fourth-order valence-electron chi connectivity index (χ4n) is 4.11. The van der Waals surface area contributed by atoms with Gasteiger partial charge in [0.05, 0.1) is 0 Å². The van der Waals surface area contributed by atoms with Crippen molar-refractivity contribution < 1.29 is 5.11 Å². The molecule has 142 valence electrons. The van der Waals surface area contributed by atoms with E-state index in [0.29, 0.717) is 11.8 Å². The molecule has 0 radical (unpaired) electrons. The van der Waals surface area contributed by atoms with E-state index in [1.807, 2.05) is 0 Å². The van der Waals surface area contributed by atoms with Crippen LogP contribution in [-0.4, -0.2) is 80.3 Å². The Kier molecular flexibility index (Phi) is 6.65. The molecule has 1 fully saturated rings. The summed E-state index contributed by atoms with van der Waals surface area (Å²) in [5.41, 5.74) is 1.39. The van der Waals surface area contributed by atoms with Crippen molar-refractivity contribution in [3.63, 3.8) is 0 Å². The Balaban J connectivity index is 1.63. The molecule has 1 saturated heterocycles. The second kappa shape index (κ2) is 8.96. The van der Waals surface area contributed by atoms with Crippen LogP contribution >= 0.6 is 0 Å². The Hall–Kier alpha value is -1.46. The zero-order chi connectivity index (χ0) is 18.5. The van der Waals surface area contributed by atoms with Gasteiger partial charge in [0, 0.05) is 45.9 Å². The number of likely N-dealkylation sites (tertiary alicyclic amines) is 1. The number of benzene rings is 2. The monoisotopic (exact) mass is 355 g/mol. The van der Waals surface area contributed by atoms with Gasteiger partial charge < -0.3 is 14.9 Å². The number of aliphatic hydroxyl groups is 1.